The average Bonchev–Trinajstić information content (AvgIpc) is 3.68. The summed E-state index contributed by atoms with van der Waals surface area (Å²) in [6.45, 7) is 0. The van der Waals surface area contributed by atoms with Crippen LogP contribution in [-0.4, -0.2) is 0 Å². The van der Waals surface area contributed by atoms with E-state index in [-0.39, 0.29) is 0 Å². The first-order valence-electron chi connectivity index (χ1n) is 19.7. The molecule has 2 heteroatoms. The number of fused-ring (bicyclic) bond motifs is 3. The van der Waals surface area contributed by atoms with Crippen molar-refractivity contribution in [3.63, 3.8) is 0 Å². The van der Waals surface area contributed by atoms with Gasteiger partial charge in [-0.1, -0.05) is 164 Å². The molecule has 10 rings (SSSR count). The molecule has 0 spiro atoms. The fraction of sp³-hybridized carbons (Fsp3) is 0.0741. The van der Waals surface area contributed by atoms with Gasteiger partial charge >= 0.3 is 0 Å². The van der Waals surface area contributed by atoms with E-state index >= 15 is 0 Å². The lowest BCUT2D eigenvalue weighted by molar-refractivity contribution is 0.671. The van der Waals surface area contributed by atoms with Gasteiger partial charge in [0.1, 0.15) is 11.2 Å². The molecule has 0 saturated heterocycles. The summed E-state index contributed by atoms with van der Waals surface area (Å²) in [6.07, 6.45) is 17.9. The highest BCUT2D eigenvalue weighted by Crippen LogP contribution is 2.41. The molecule has 0 bridgehead atoms. The highest BCUT2D eigenvalue weighted by atomic mass is 16.3. The molecule has 7 aromatic carbocycles. The Morgan fingerprint density at radius 3 is 1.50 bits per heavy atom. The fourth-order valence-corrected chi connectivity index (χ4v) is 8.28. The number of hydrogen-bond acceptors (Lipinski definition) is 2. The van der Waals surface area contributed by atoms with Gasteiger partial charge in [0.15, 0.2) is 0 Å². The van der Waals surface area contributed by atoms with Gasteiger partial charge in [0.25, 0.3) is 0 Å². The van der Waals surface area contributed by atoms with Crippen LogP contribution in [0.25, 0.3) is 66.5 Å². The van der Waals surface area contributed by atoms with Crippen LogP contribution in [-0.2, 0) is 0 Å². The quantitative estimate of drug-likeness (QED) is 0.155. The van der Waals surface area contributed by atoms with Crippen molar-refractivity contribution in [1.82, 2.24) is 0 Å². The number of rotatable bonds is 8. The third kappa shape index (κ3) is 6.40. The van der Waals surface area contributed by atoms with E-state index in [0.717, 1.165) is 86.9 Å². The van der Waals surface area contributed by atoms with E-state index in [4.69, 9.17) is 4.42 Å². The third-order valence-electron chi connectivity index (χ3n) is 11.2. The molecule has 2 aliphatic carbocycles. The van der Waals surface area contributed by atoms with E-state index in [2.05, 4.69) is 205 Å². The molecule has 0 aliphatic heterocycles. The van der Waals surface area contributed by atoms with Crippen molar-refractivity contribution in [1.29, 1.82) is 0 Å². The summed E-state index contributed by atoms with van der Waals surface area (Å²) in [5.41, 5.74) is 17.3. The van der Waals surface area contributed by atoms with Crippen LogP contribution in [0.15, 0.2) is 205 Å². The predicted molar refractivity (Wildman–Crippen MR) is 237 cm³/mol. The van der Waals surface area contributed by atoms with E-state index < -0.39 is 0 Å². The lowest BCUT2D eigenvalue weighted by Crippen LogP contribution is -2.10. The summed E-state index contributed by atoms with van der Waals surface area (Å²) in [4.78, 5) is 2.36. The number of para-hydroxylation sites is 2. The minimum Gasteiger partial charge on any atom is -0.455 e. The van der Waals surface area contributed by atoms with Gasteiger partial charge in [0.2, 0.25) is 0 Å². The predicted octanol–water partition coefficient (Wildman–Crippen LogP) is 15.5. The Morgan fingerprint density at radius 2 is 0.946 bits per heavy atom. The Hall–Kier alpha value is -6.90. The molecular formula is C54H41NO. The van der Waals surface area contributed by atoms with E-state index in [1.807, 2.05) is 0 Å². The summed E-state index contributed by atoms with van der Waals surface area (Å²) < 4.78 is 6.71. The molecule has 0 amide bonds. The molecule has 0 atom stereocenters. The van der Waals surface area contributed by atoms with Gasteiger partial charge in [-0.2, -0.15) is 0 Å². The summed E-state index contributed by atoms with van der Waals surface area (Å²) >= 11 is 0. The van der Waals surface area contributed by atoms with Gasteiger partial charge in [-0.05, 0) is 107 Å². The first-order valence-corrected chi connectivity index (χ1v) is 19.7. The lowest BCUT2D eigenvalue weighted by Gasteiger charge is -2.26. The van der Waals surface area contributed by atoms with Crippen LogP contribution in [0.2, 0.25) is 0 Å². The van der Waals surface area contributed by atoms with Gasteiger partial charge in [-0.25, -0.2) is 0 Å². The standard InChI is InChI=1S/C54H41NO/c1-4-12-38(13-5-1)41-26-32-46(33-27-41)55(47-34-28-42(29-35-47)39-14-6-2-7-15-39)48-36-30-43(31-37-48)40-22-24-45(25-23-40)50-19-11-21-52-51-20-10-18-49(53(51)56-54(50)52)44-16-8-3-9-17-44/h1,3-4,6,8-12,14-37H,2,5,7,13H2. The number of allylic oxidation sites excluding steroid dienone is 8. The van der Waals surface area contributed by atoms with Crippen LogP contribution in [0.5, 0.6) is 0 Å². The zero-order valence-electron chi connectivity index (χ0n) is 31.2. The van der Waals surface area contributed by atoms with Crippen molar-refractivity contribution in [2.75, 3.05) is 4.90 Å². The SMILES string of the molecule is C1=CCCC(c2ccc(N(c3ccc(C4=CCCC=C4)cc3)c3ccc(-c4ccc(-c5cccc6c5oc5c(-c7ccccc7)cccc56)cc4)cc3)cc2)=C1. The Morgan fingerprint density at radius 1 is 0.411 bits per heavy atom. The van der Waals surface area contributed by atoms with Crippen LogP contribution in [0.1, 0.15) is 36.8 Å². The van der Waals surface area contributed by atoms with E-state index in [0.29, 0.717) is 0 Å². The van der Waals surface area contributed by atoms with E-state index in [1.165, 1.54) is 33.4 Å². The minimum absolute atomic E-state index is 0.920. The lowest BCUT2D eigenvalue weighted by atomic mass is 9.97. The maximum Gasteiger partial charge on any atom is 0.143 e. The molecule has 0 saturated carbocycles. The van der Waals surface area contributed by atoms with Crippen LogP contribution in [0.3, 0.4) is 0 Å². The smallest absolute Gasteiger partial charge is 0.143 e. The highest BCUT2D eigenvalue weighted by Gasteiger charge is 2.17. The Labute approximate surface area is 328 Å². The molecule has 56 heavy (non-hydrogen) atoms. The van der Waals surface area contributed by atoms with E-state index in [1.54, 1.807) is 0 Å². The number of anilines is 3. The summed E-state index contributed by atoms with van der Waals surface area (Å²) in [6, 6.07) is 59.3. The molecule has 268 valence electrons. The molecule has 0 unspecified atom stereocenters. The van der Waals surface area contributed by atoms with Crippen LogP contribution in [0.4, 0.5) is 17.1 Å². The zero-order chi connectivity index (χ0) is 37.3. The summed E-state index contributed by atoms with van der Waals surface area (Å²) in [5, 5.41) is 2.27. The molecule has 8 aromatic rings. The Balaban J connectivity index is 0.962. The fourth-order valence-electron chi connectivity index (χ4n) is 8.28. The molecule has 0 N–H and O–H groups in total. The monoisotopic (exact) mass is 719 g/mol. The minimum atomic E-state index is 0.920. The molecule has 1 aromatic heterocycles. The highest BCUT2D eigenvalue weighted by molar-refractivity contribution is 6.13. The molecule has 2 aliphatic rings. The van der Waals surface area contributed by atoms with Crippen molar-refractivity contribution in [2.24, 2.45) is 0 Å². The maximum atomic E-state index is 6.71. The largest absolute Gasteiger partial charge is 0.455 e. The molecule has 2 nitrogen and oxygen atoms in total. The van der Waals surface area contributed by atoms with Crippen molar-refractivity contribution < 1.29 is 4.42 Å². The molecule has 0 fully saturated rings. The maximum absolute atomic E-state index is 6.71. The van der Waals surface area contributed by atoms with Crippen molar-refractivity contribution in [3.05, 3.63) is 211 Å². The van der Waals surface area contributed by atoms with Crippen molar-refractivity contribution in [2.45, 2.75) is 25.7 Å². The van der Waals surface area contributed by atoms with E-state index in [9.17, 15) is 0 Å². The molecule has 0 radical (unpaired) electrons. The van der Waals surface area contributed by atoms with Crippen molar-refractivity contribution >= 4 is 50.1 Å². The van der Waals surface area contributed by atoms with Gasteiger partial charge in [0.05, 0.1) is 0 Å². The summed E-state index contributed by atoms with van der Waals surface area (Å²) in [5.74, 6) is 0. The number of furan rings is 1. The molecule has 1 heterocycles. The summed E-state index contributed by atoms with van der Waals surface area (Å²) in [7, 11) is 0. The van der Waals surface area contributed by atoms with Crippen LogP contribution >= 0.6 is 0 Å². The Kier molecular flexibility index (Phi) is 8.85. The third-order valence-corrected chi connectivity index (χ3v) is 11.2. The number of hydrogen-bond donors (Lipinski definition) is 0. The first-order chi connectivity index (χ1) is 27.8. The van der Waals surface area contributed by atoms with Crippen molar-refractivity contribution in [3.8, 4) is 33.4 Å². The second kappa shape index (κ2) is 14.7. The van der Waals surface area contributed by atoms with Gasteiger partial charge in [0, 0.05) is 39.0 Å². The topological polar surface area (TPSA) is 16.4 Å². The number of nitrogens with zero attached hydrogens (tertiary/aromatic N) is 1. The van der Waals surface area contributed by atoms with Gasteiger partial charge < -0.3 is 9.32 Å². The van der Waals surface area contributed by atoms with Crippen LogP contribution < -0.4 is 4.90 Å². The number of benzene rings is 7. The average molecular weight is 720 g/mol. The zero-order valence-corrected chi connectivity index (χ0v) is 31.2. The normalized spacial score (nSPS) is 13.9. The second-order valence-corrected chi connectivity index (χ2v) is 14.7. The Bertz CT molecular complexity index is 2800. The van der Waals surface area contributed by atoms with Crippen LogP contribution in [0, 0.1) is 0 Å². The first kappa shape index (κ1) is 33.7. The van der Waals surface area contributed by atoms with Gasteiger partial charge in [-0.3, -0.25) is 0 Å². The second-order valence-electron chi connectivity index (χ2n) is 14.7. The van der Waals surface area contributed by atoms with Gasteiger partial charge in [-0.15, -0.1) is 0 Å². The molecular weight excluding hydrogens is 679 g/mol.